The lowest BCUT2D eigenvalue weighted by molar-refractivity contribution is 0.366. The summed E-state index contributed by atoms with van der Waals surface area (Å²) in [5, 5.41) is 5.47. The van der Waals surface area contributed by atoms with Gasteiger partial charge in [0.05, 0.1) is 5.56 Å². The summed E-state index contributed by atoms with van der Waals surface area (Å²) in [5.74, 6) is 1.30. The van der Waals surface area contributed by atoms with Crippen molar-refractivity contribution in [3.05, 3.63) is 71.9 Å². The SMILES string of the molecule is CCCCn1c2c(c(=O)n(CCCc3nc(Cc4cc(Cl)ccc4Cl)no3)c1=O)CC(Cl)=N2. The fraction of sp³-hybridized carbons (Fsp3) is 0.409. The summed E-state index contributed by atoms with van der Waals surface area (Å²) in [6.45, 7) is 2.76. The number of halogens is 3. The maximum Gasteiger partial charge on any atom is 0.332 e. The number of aryl methyl sites for hydroxylation is 1. The van der Waals surface area contributed by atoms with Crippen LogP contribution in [0.4, 0.5) is 5.82 Å². The second-order valence-corrected chi connectivity index (χ2v) is 9.11. The van der Waals surface area contributed by atoms with E-state index in [1.165, 1.54) is 4.57 Å². The molecule has 0 saturated carbocycles. The smallest absolute Gasteiger partial charge is 0.332 e. The summed E-state index contributed by atoms with van der Waals surface area (Å²) in [6, 6.07) is 5.20. The van der Waals surface area contributed by atoms with Crippen molar-refractivity contribution in [3.8, 4) is 0 Å². The Morgan fingerprint density at radius 1 is 1.09 bits per heavy atom. The second kappa shape index (κ2) is 10.2. The van der Waals surface area contributed by atoms with Crippen LogP contribution >= 0.6 is 34.8 Å². The number of fused-ring (bicyclic) bond motifs is 1. The maximum absolute atomic E-state index is 13.0. The summed E-state index contributed by atoms with van der Waals surface area (Å²) >= 11 is 18.3. The standard InChI is InChI=1S/C22H22Cl3N5O3/c1-2-3-8-29-20-15(12-17(25)26-20)21(31)30(22(29)32)9-4-5-19-27-18(28-33-19)11-13-10-14(23)6-7-16(13)24/h6-7,10H,2-5,8-9,11-12H2,1H3. The van der Waals surface area contributed by atoms with E-state index in [2.05, 4.69) is 15.1 Å². The molecule has 33 heavy (non-hydrogen) atoms. The van der Waals surface area contributed by atoms with Crippen LogP contribution < -0.4 is 11.2 Å². The zero-order valence-electron chi connectivity index (χ0n) is 18.0. The van der Waals surface area contributed by atoms with Crippen molar-refractivity contribution < 1.29 is 4.52 Å². The molecule has 8 nitrogen and oxygen atoms in total. The zero-order chi connectivity index (χ0) is 23.5. The van der Waals surface area contributed by atoms with Gasteiger partial charge in [0.1, 0.15) is 11.0 Å². The highest BCUT2D eigenvalue weighted by Gasteiger charge is 2.24. The summed E-state index contributed by atoms with van der Waals surface area (Å²) in [6.07, 6.45) is 3.26. The van der Waals surface area contributed by atoms with Gasteiger partial charge >= 0.3 is 5.69 Å². The van der Waals surface area contributed by atoms with E-state index in [0.717, 1.165) is 18.4 Å². The Bertz CT molecular complexity index is 1330. The van der Waals surface area contributed by atoms with Gasteiger partial charge in [0.15, 0.2) is 5.82 Å². The molecule has 0 saturated heterocycles. The van der Waals surface area contributed by atoms with E-state index < -0.39 is 0 Å². The topological polar surface area (TPSA) is 95.3 Å². The molecule has 3 heterocycles. The molecule has 0 bridgehead atoms. The van der Waals surface area contributed by atoms with Crippen molar-refractivity contribution in [1.82, 2.24) is 19.3 Å². The van der Waals surface area contributed by atoms with E-state index in [0.29, 0.717) is 64.1 Å². The van der Waals surface area contributed by atoms with Crippen LogP contribution in [0.2, 0.25) is 10.0 Å². The van der Waals surface area contributed by atoms with Gasteiger partial charge in [0.25, 0.3) is 5.56 Å². The Balaban J connectivity index is 1.46. The molecule has 1 aliphatic rings. The third-order valence-corrected chi connectivity index (χ3v) is 6.24. The van der Waals surface area contributed by atoms with E-state index in [1.54, 1.807) is 22.8 Å². The molecule has 1 aromatic carbocycles. The number of rotatable bonds is 9. The van der Waals surface area contributed by atoms with Crippen molar-refractivity contribution in [2.45, 2.75) is 58.5 Å². The quantitative estimate of drug-likeness (QED) is 0.421. The van der Waals surface area contributed by atoms with Crippen molar-refractivity contribution in [2.75, 3.05) is 0 Å². The number of hydrogen-bond acceptors (Lipinski definition) is 6. The van der Waals surface area contributed by atoms with Crippen molar-refractivity contribution in [1.29, 1.82) is 0 Å². The van der Waals surface area contributed by atoms with E-state index in [9.17, 15) is 9.59 Å². The van der Waals surface area contributed by atoms with Gasteiger partial charge in [-0.2, -0.15) is 4.98 Å². The molecule has 3 aromatic rings. The molecular weight excluding hydrogens is 489 g/mol. The number of aliphatic imine (C=N–C) groups is 1. The minimum Gasteiger partial charge on any atom is -0.339 e. The van der Waals surface area contributed by atoms with E-state index >= 15 is 0 Å². The predicted molar refractivity (Wildman–Crippen MR) is 128 cm³/mol. The monoisotopic (exact) mass is 509 g/mol. The fourth-order valence-corrected chi connectivity index (χ4v) is 4.34. The summed E-state index contributed by atoms with van der Waals surface area (Å²) in [4.78, 5) is 34.5. The van der Waals surface area contributed by atoms with E-state index in [4.69, 9.17) is 39.3 Å². The molecule has 0 radical (unpaired) electrons. The lowest BCUT2D eigenvalue weighted by Gasteiger charge is -2.13. The van der Waals surface area contributed by atoms with Crippen LogP contribution in [0, 0.1) is 0 Å². The van der Waals surface area contributed by atoms with Gasteiger partial charge in [0, 0.05) is 42.4 Å². The Labute approximate surface area is 204 Å². The van der Waals surface area contributed by atoms with Crippen LogP contribution in [0.25, 0.3) is 0 Å². The molecule has 11 heteroatoms. The fourth-order valence-electron chi connectivity index (χ4n) is 3.74. The van der Waals surface area contributed by atoms with Crippen LogP contribution in [0.3, 0.4) is 0 Å². The normalized spacial score (nSPS) is 12.8. The summed E-state index contributed by atoms with van der Waals surface area (Å²) < 4.78 is 8.13. The van der Waals surface area contributed by atoms with Crippen molar-refractivity contribution in [2.24, 2.45) is 4.99 Å². The van der Waals surface area contributed by atoms with Gasteiger partial charge in [-0.05, 0) is 36.6 Å². The van der Waals surface area contributed by atoms with Gasteiger partial charge in [-0.3, -0.25) is 13.9 Å². The molecule has 2 aromatic heterocycles. The first-order chi connectivity index (χ1) is 15.9. The second-order valence-electron chi connectivity index (χ2n) is 7.83. The average molecular weight is 511 g/mol. The van der Waals surface area contributed by atoms with E-state index in [1.807, 2.05) is 6.92 Å². The lowest BCUT2D eigenvalue weighted by Crippen LogP contribution is -2.41. The first-order valence-corrected chi connectivity index (χ1v) is 11.9. The third kappa shape index (κ3) is 5.23. The molecule has 0 atom stereocenters. The predicted octanol–water partition coefficient (Wildman–Crippen LogP) is 4.55. The zero-order valence-corrected chi connectivity index (χ0v) is 20.3. The Morgan fingerprint density at radius 2 is 1.88 bits per heavy atom. The molecule has 0 amide bonds. The van der Waals surface area contributed by atoms with Gasteiger partial charge in [-0.1, -0.05) is 53.3 Å². The average Bonchev–Trinajstić information content (AvgIpc) is 3.39. The molecule has 0 spiro atoms. The maximum atomic E-state index is 13.0. The molecule has 4 rings (SSSR count). The van der Waals surface area contributed by atoms with Crippen LogP contribution in [0.1, 0.15) is 49.0 Å². The lowest BCUT2D eigenvalue weighted by atomic mass is 10.1. The minimum absolute atomic E-state index is 0.229. The first-order valence-electron chi connectivity index (χ1n) is 10.7. The first kappa shape index (κ1) is 23.7. The molecule has 0 aliphatic carbocycles. The molecule has 0 N–H and O–H groups in total. The Hall–Kier alpha value is -2.42. The largest absolute Gasteiger partial charge is 0.339 e. The van der Waals surface area contributed by atoms with Gasteiger partial charge in [-0.25, -0.2) is 9.79 Å². The van der Waals surface area contributed by atoms with Crippen LogP contribution in [0.15, 0.2) is 37.3 Å². The van der Waals surface area contributed by atoms with Crippen molar-refractivity contribution in [3.63, 3.8) is 0 Å². The van der Waals surface area contributed by atoms with Crippen LogP contribution in [0.5, 0.6) is 0 Å². The molecule has 174 valence electrons. The highest BCUT2D eigenvalue weighted by Crippen LogP contribution is 2.24. The highest BCUT2D eigenvalue weighted by molar-refractivity contribution is 6.66. The highest BCUT2D eigenvalue weighted by atomic mass is 35.5. The molecule has 0 fully saturated rings. The Kier molecular flexibility index (Phi) is 7.36. The molecule has 1 aliphatic heterocycles. The summed E-state index contributed by atoms with van der Waals surface area (Å²) in [5.41, 5.74) is 0.553. The number of hydrogen-bond donors (Lipinski definition) is 0. The Morgan fingerprint density at radius 3 is 2.67 bits per heavy atom. The summed E-state index contributed by atoms with van der Waals surface area (Å²) in [7, 11) is 0. The van der Waals surface area contributed by atoms with Crippen molar-refractivity contribution >= 4 is 45.8 Å². The third-order valence-electron chi connectivity index (χ3n) is 5.41. The van der Waals surface area contributed by atoms with Crippen LogP contribution in [-0.4, -0.2) is 24.4 Å². The molecule has 0 unspecified atom stereocenters. The number of unbranched alkanes of at least 4 members (excludes halogenated alkanes) is 1. The van der Waals surface area contributed by atoms with E-state index in [-0.39, 0.29) is 24.2 Å². The minimum atomic E-state index is -0.371. The molecular formula is C22H22Cl3N5O3. The number of nitrogens with zero attached hydrogens (tertiary/aromatic N) is 5. The van der Waals surface area contributed by atoms with Crippen LogP contribution in [-0.2, 0) is 32.4 Å². The van der Waals surface area contributed by atoms with Gasteiger partial charge in [0.2, 0.25) is 5.89 Å². The van der Waals surface area contributed by atoms with Gasteiger partial charge in [-0.15, -0.1) is 0 Å². The number of benzene rings is 1. The van der Waals surface area contributed by atoms with Gasteiger partial charge < -0.3 is 4.52 Å². The number of aromatic nitrogens is 4.